The molecule has 4 rings (SSSR count). The first-order valence-corrected chi connectivity index (χ1v) is 8.05. The number of fused-ring (bicyclic) bond motifs is 3. The Hall–Kier alpha value is -1.36. The molecule has 0 aromatic carbocycles. The Morgan fingerprint density at radius 3 is 2.90 bits per heavy atom. The van der Waals surface area contributed by atoms with Crippen molar-refractivity contribution in [2.75, 3.05) is 6.54 Å². The van der Waals surface area contributed by atoms with Crippen LogP contribution in [0.3, 0.4) is 0 Å². The predicted molar refractivity (Wildman–Crippen MR) is 76.1 cm³/mol. The van der Waals surface area contributed by atoms with Gasteiger partial charge in [0.2, 0.25) is 5.91 Å². The Morgan fingerprint density at radius 1 is 1.29 bits per heavy atom. The minimum Gasteiger partial charge on any atom is -0.493 e. The lowest BCUT2D eigenvalue weighted by Gasteiger charge is -2.46. The van der Waals surface area contributed by atoms with Crippen molar-refractivity contribution in [1.29, 1.82) is 0 Å². The van der Waals surface area contributed by atoms with Crippen molar-refractivity contribution in [3.63, 3.8) is 0 Å². The summed E-state index contributed by atoms with van der Waals surface area (Å²) in [4.78, 5) is 26.9. The zero-order valence-corrected chi connectivity index (χ0v) is 12.4. The Kier molecular flexibility index (Phi) is 2.89. The number of ketones is 1. The van der Waals surface area contributed by atoms with Gasteiger partial charge in [-0.25, -0.2) is 0 Å². The molecule has 114 valence electrons. The summed E-state index contributed by atoms with van der Waals surface area (Å²) < 4.78 is 6.19. The molecule has 0 aromatic heterocycles. The number of hydrogen-bond acceptors (Lipinski definition) is 4. The number of ether oxygens (including phenoxy) is 1. The summed E-state index contributed by atoms with van der Waals surface area (Å²) in [7, 11) is 0. The van der Waals surface area contributed by atoms with Crippen LogP contribution in [0.5, 0.6) is 0 Å². The molecule has 5 nitrogen and oxygen atoms in total. The average molecular weight is 290 g/mol. The van der Waals surface area contributed by atoms with Gasteiger partial charge in [-0.3, -0.25) is 9.59 Å². The van der Waals surface area contributed by atoms with Crippen LogP contribution < -0.4 is 5.73 Å². The zero-order chi connectivity index (χ0) is 14.7. The summed E-state index contributed by atoms with van der Waals surface area (Å²) in [6.45, 7) is 2.79. The summed E-state index contributed by atoms with van der Waals surface area (Å²) in [6.07, 6.45) is 3.61. The standard InChI is InChI=1S/C16H22N2O3/c1-8-6-9(17)7-12-14(8)16(20)15-10-2-3-13(19)18(10)5-4-11(15)21-12/h8-11,15H,2-7,17H2,1H3/t8-,9-,10-,11+,15-/m0/s1. The van der Waals surface area contributed by atoms with E-state index in [1.54, 1.807) is 0 Å². The minimum absolute atomic E-state index is 0.0547. The number of carbonyl (C=O) groups excluding carboxylic acids is 2. The maximum atomic E-state index is 13.0. The normalized spacial score (nSPS) is 42.4. The second-order valence-corrected chi connectivity index (χ2v) is 6.97. The quantitative estimate of drug-likeness (QED) is 0.721. The zero-order valence-electron chi connectivity index (χ0n) is 12.4. The van der Waals surface area contributed by atoms with E-state index in [9.17, 15) is 9.59 Å². The maximum absolute atomic E-state index is 13.0. The van der Waals surface area contributed by atoms with Crippen LogP contribution >= 0.6 is 0 Å². The fraction of sp³-hybridized carbons (Fsp3) is 0.750. The Bertz CT molecular complexity index is 542. The van der Waals surface area contributed by atoms with Gasteiger partial charge in [-0.1, -0.05) is 6.92 Å². The maximum Gasteiger partial charge on any atom is 0.222 e. The SMILES string of the molecule is C[C@H]1C[C@H](N)CC2=C1C(=O)[C@@H]1[C@@H](CCN3C(=O)CC[C@@H]13)O2. The molecular weight excluding hydrogens is 268 g/mol. The minimum atomic E-state index is -0.152. The van der Waals surface area contributed by atoms with Gasteiger partial charge in [0.05, 0.1) is 5.92 Å². The summed E-state index contributed by atoms with van der Waals surface area (Å²) in [5.74, 6) is 1.28. The van der Waals surface area contributed by atoms with Gasteiger partial charge in [-0.15, -0.1) is 0 Å². The van der Waals surface area contributed by atoms with Crippen LogP contribution in [-0.4, -0.2) is 41.3 Å². The van der Waals surface area contributed by atoms with Crippen molar-refractivity contribution in [2.24, 2.45) is 17.6 Å². The largest absolute Gasteiger partial charge is 0.493 e. The van der Waals surface area contributed by atoms with E-state index in [0.29, 0.717) is 12.8 Å². The Morgan fingerprint density at radius 2 is 2.10 bits per heavy atom. The van der Waals surface area contributed by atoms with Gasteiger partial charge in [0.15, 0.2) is 5.78 Å². The lowest BCUT2D eigenvalue weighted by molar-refractivity contribution is -0.142. The molecule has 3 aliphatic heterocycles. The summed E-state index contributed by atoms with van der Waals surface area (Å²) in [6, 6.07) is 0.150. The summed E-state index contributed by atoms with van der Waals surface area (Å²) in [5, 5.41) is 0. The summed E-state index contributed by atoms with van der Waals surface area (Å²) in [5.41, 5.74) is 6.93. The first kappa shape index (κ1) is 13.3. The molecule has 0 unspecified atom stereocenters. The van der Waals surface area contributed by atoms with Crippen LogP contribution in [0.15, 0.2) is 11.3 Å². The molecule has 21 heavy (non-hydrogen) atoms. The van der Waals surface area contributed by atoms with Crippen LogP contribution in [0.25, 0.3) is 0 Å². The van der Waals surface area contributed by atoms with Gasteiger partial charge in [-0.05, 0) is 18.8 Å². The molecule has 0 bridgehead atoms. The van der Waals surface area contributed by atoms with Crippen molar-refractivity contribution in [3.8, 4) is 0 Å². The average Bonchev–Trinajstić information content (AvgIpc) is 2.79. The van der Waals surface area contributed by atoms with Crippen LogP contribution in [0.2, 0.25) is 0 Å². The highest BCUT2D eigenvalue weighted by Crippen LogP contribution is 2.44. The van der Waals surface area contributed by atoms with E-state index >= 15 is 0 Å². The molecule has 1 amide bonds. The highest BCUT2D eigenvalue weighted by molar-refractivity contribution is 6.00. The number of allylic oxidation sites excluding steroid dienone is 1. The fourth-order valence-corrected chi connectivity index (χ4v) is 4.72. The van der Waals surface area contributed by atoms with E-state index in [-0.39, 0.29) is 41.7 Å². The second-order valence-electron chi connectivity index (χ2n) is 6.97. The second kappa shape index (κ2) is 4.57. The number of nitrogens with zero attached hydrogens (tertiary/aromatic N) is 1. The van der Waals surface area contributed by atoms with Gasteiger partial charge in [0.1, 0.15) is 11.9 Å². The molecule has 0 aromatic rings. The number of nitrogens with two attached hydrogens (primary N) is 1. The molecule has 3 heterocycles. The van der Waals surface area contributed by atoms with Crippen molar-refractivity contribution in [2.45, 2.75) is 57.2 Å². The fourth-order valence-electron chi connectivity index (χ4n) is 4.72. The lowest BCUT2D eigenvalue weighted by atomic mass is 9.72. The number of rotatable bonds is 0. The van der Waals surface area contributed by atoms with Gasteiger partial charge in [-0.2, -0.15) is 0 Å². The molecule has 1 aliphatic carbocycles. The van der Waals surface area contributed by atoms with Crippen molar-refractivity contribution < 1.29 is 14.3 Å². The third kappa shape index (κ3) is 1.86. The number of Topliss-reactive ketones (excluding diaryl/α,β-unsaturated/α-hetero) is 1. The molecule has 5 heteroatoms. The number of hydrogen-bond donors (Lipinski definition) is 1. The Balaban J connectivity index is 1.70. The first-order valence-electron chi connectivity index (χ1n) is 8.05. The van der Waals surface area contributed by atoms with Crippen LogP contribution in [0, 0.1) is 11.8 Å². The van der Waals surface area contributed by atoms with Gasteiger partial charge >= 0.3 is 0 Å². The molecule has 0 spiro atoms. The van der Waals surface area contributed by atoms with Gasteiger partial charge in [0.25, 0.3) is 0 Å². The van der Waals surface area contributed by atoms with E-state index < -0.39 is 0 Å². The van der Waals surface area contributed by atoms with Crippen LogP contribution in [-0.2, 0) is 14.3 Å². The van der Waals surface area contributed by atoms with Crippen molar-refractivity contribution >= 4 is 11.7 Å². The highest BCUT2D eigenvalue weighted by Gasteiger charge is 2.52. The van der Waals surface area contributed by atoms with E-state index in [2.05, 4.69) is 6.92 Å². The monoisotopic (exact) mass is 290 g/mol. The first-order chi connectivity index (χ1) is 10.1. The van der Waals surface area contributed by atoms with Crippen molar-refractivity contribution in [1.82, 2.24) is 4.90 Å². The summed E-state index contributed by atoms with van der Waals surface area (Å²) >= 11 is 0. The molecule has 2 saturated heterocycles. The number of carbonyl (C=O) groups is 2. The van der Waals surface area contributed by atoms with Gasteiger partial charge < -0.3 is 15.4 Å². The molecule has 0 radical (unpaired) electrons. The predicted octanol–water partition coefficient (Wildman–Crippen LogP) is 0.976. The highest BCUT2D eigenvalue weighted by atomic mass is 16.5. The molecule has 4 aliphatic rings. The van der Waals surface area contributed by atoms with Crippen LogP contribution in [0.4, 0.5) is 0 Å². The number of amides is 1. The smallest absolute Gasteiger partial charge is 0.222 e. The molecule has 2 fully saturated rings. The topological polar surface area (TPSA) is 72.6 Å². The third-order valence-corrected chi connectivity index (χ3v) is 5.60. The lowest BCUT2D eigenvalue weighted by Crippen LogP contribution is -2.56. The van der Waals surface area contributed by atoms with Crippen LogP contribution in [0.1, 0.15) is 39.0 Å². The van der Waals surface area contributed by atoms with Gasteiger partial charge in [0, 0.05) is 43.5 Å². The molecule has 5 atom stereocenters. The Labute approximate surface area is 124 Å². The van der Waals surface area contributed by atoms with E-state index in [1.165, 1.54) is 0 Å². The van der Waals surface area contributed by atoms with Crippen molar-refractivity contribution in [3.05, 3.63) is 11.3 Å². The molecule has 2 N–H and O–H groups in total. The number of piperidine rings is 1. The third-order valence-electron chi connectivity index (χ3n) is 5.60. The molecule has 0 saturated carbocycles. The molecular formula is C16H22N2O3. The van der Waals surface area contributed by atoms with E-state index in [1.807, 2.05) is 4.90 Å². The van der Waals surface area contributed by atoms with E-state index in [0.717, 1.165) is 37.1 Å². The van der Waals surface area contributed by atoms with E-state index in [4.69, 9.17) is 10.5 Å².